The predicted molar refractivity (Wildman–Crippen MR) is 67.5 cm³/mol. The van der Waals surface area contributed by atoms with Crippen LogP contribution in [0.5, 0.6) is 0 Å². The first-order valence-electron chi connectivity index (χ1n) is 5.43. The van der Waals surface area contributed by atoms with Crippen molar-refractivity contribution >= 4 is 5.69 Å². The van der Waals surface area contributed by atoms with E-state index in [1.54, 1.807) is 6.07 Å². The molecule has 0 unspecified atom stereocenters. The molecule has 0 aliphatic heterocycles. The number of nitrogens with zero attached hydrogens (tertiary/aromatic N) is 2. The normalized spacial score (nSPS) is 9.65. The van der Waals surface area contributed by atoms with E-state index in [1.165, 1.54) is 0 Å². The van der Waals surface area contributed by atoms with E-state index in [-0.39, 0.29) is 0 Å². The van der Waals surface area contributed by atoms with Gasteiger partial charge in [-0.1, -0.05) is 18.2 Å². The van der Waals surface area contributed by atoms with Crippen molar-refractivity contribution in [3.8, 4) is 6.07 Å². The average molecular weight is 223 g/mol. The summed E-state index contributed by atoms with van der Waals surface area (Å²) in [5.74, 6) is 0. The predicted octanol–water partition coefficient (Wildman–Crippen LogP) is 2.87. The number of anilines is 1. The zero-order chi connectivity index (χ0) is 12.1. The number of pyridine rings is 1. The maximum Gasteiger partial charge on any atom is 0.101 e. The molecule has 2 rings (SSSR count). The van der Waals surface area contributed by atoms with Crippen LogP contribution in [0, 0.1) is 18.3 Å². The van der Waals surface area contributed by atoms with Gasteiger partial charge < -0.3 is 5.32 Å². The first-order valence-corrected chi connectivity index (χ1v) is 5.43. The van der Waals surface area contributed by atoms with Gasteiger partial charge in [-0.25, -0.2) is 0 Å². The second kappa shape index (κ2) is 5.13. The molecule has 3 heteroatoms. The number of hydrogen-bond donors (Lipinski definition) is 1. The van der Waals surface area contributed by atoms with E-state index in [2.05, 4.69) is 22.4 Å². The lowest BCUT2D eigenvalue weighted by Crippen LogP contribution is -2.01. The van der Waals surface area contributed by atoms with Crippen LogP contribution in [0.2, 0.25) is 0 Å². The van der Waals surface area contributed by atoms with Gasteiger partial charge in [0.15, 0.2) is 0 Å². The highest BCUT2D eigenvalue weighted by molar-refractivity contribution is 5.57. The first kappa shape index (κ1) is 11.2. The number of nitrogens with one attached hydrogen (secondary N) is 1. The van der Waals surface area contributed by atoms with Crippen LogP contribution in [0.25, 0.3) is 0 Å². The first-order chi connectivity index (χ1) is 8.29. The molecule has 0 radical (unpaired) electrons. The van der Waals surface area contributed by atoms with Crippen molar-refractivity contribution in [1.29, 1.82) is 5.26 Å². The van der Waals surface area contributed by atoms with Gasteiger partial charge in [0, 0.05) is 18.9 Å². The zero-order valence-corrected chi connectivity index (χ0v) is 9.64. The van der Waals surface area contributed by atoms with E-state index in [1.807, 2.05) is 37.5 Å². The molecule has 0 aliphatic carbocycles. The molecule has 1 heterocycles. The van der Waals surface area contributed by atoms with E-state index >= 15 is 0 Å². The quantitative estimate of drug-likeness (QED) is 0.870. The smallest absolute Gasteiger partial charge is 0.101 e. The Bertz CT molecular complexity index is 555. The van der Waals surface area contributed by atoms with Crippen LogP contribution in [0.3, 0.4) is 0 Å². The molecule has 17 heavy (non-hydrogen) atoms. The SMILES string of the molecule is Cc1cncc(CNc2ccccc2C#N)c1. The van der Waals surface area contributed by atoms with Crippen molar-refractivity contribution in [2.45, 2.75) is 13.5 Å². The Balaban J connectivity index is 2.10. The summed E-state index contributed by atoms with van der Waals surface area (Å²) in [4.78, 5) is 4.13. The molecule has 2 aromatic rings. The fraction of sp³-hybridized carbons (Fsp3) is 0.143. The number of hydrogen-bond acceptors (Lipinski definition) is 3. The molecule has 0 fully saturated rings. The Morgan fingerprint density at radius 3 is 2.88 bits per heavy atom. The Hall–Kier alpha value is -2.34. The lowest BCUT2D eigenvalue weighted by molar-refractivity contribution is 1.10. The molecular formula is C14H13N3. The van der Waals surface area contributed by atoms with Crippen LogP contribution in [0.1, 0.15) is 16.7 Å². The van der Waals surface area contributed by atoms with E-state index in [0.29, 0.717) is 12.1 Å². The molecule has 0 aliphatic rings. The molecule has 0 saturated heterocycles. The van der Waals surface area contributed by atoms with Gasteiger partial charge in [-0.15, -0.1) is 0 Å². The van der Waals surface area contributed by atoms with Gasteiger partial charge in [-0.05, 0) is 30.2 Å². The number of benzene rings is 1. The highest BCUT2D eigenvalue weighted by Crippen LogP contribution is 2.14. The summed E-state index contributed by atoms with van der Waals surface area (Å²) in [6.07, 6.45) is 3.65. The van der Waals surface area contributed by atoms with Crippen LogP contribution < -0.4 is 5.32 Å². The van der Waals surface area contributed by atoms with Gasteiger partial charge in [-0.3, -0.25) is 4.98 Å². The number of rotatable bonds is 3. The fourth-order valence-electron chi connectivity index (χ4n) is 1.65. The van der Waals surface area contributed by atoms with Crippen LogP contribution in [0.4, 0.5) is 5.69 Å². The molecule has 0 amide bonds. The lowest BCUT2D eigenvalue weighted by atomic mass is 10.2. The molecule has 0 spiro atoms. The monoisotopic (exact) mass is 223 g/mol. The number of nitriles is 1. The summed E-state index contributed by atoms with van der Waals surface area (Å²) in [6.45, 7) is 2.69. The number of para-hydroxylation sites is 1. The van der Waals surface area contributed by atoms with Gasteiger partial charge in [-0.2, -0.15) is 5.26 Å². The molecule has 0 atom stereocenters. The van der Waals surface area contributed by atoms with Crippen molar-refractivity contribution < 1.29 is 0 Å². The van der Waals surface area contributed by atoms with Crippen molar-refractivity contribution in [2.75, 3.05) is 5.32 Å². The Morgan fingerprint density at radius 2 is 2.12 bits per heavy atom. The topological polar surface area (TPSA) is 48.7 Å². The van der Waals surface area contributed by atoms with Crippen molar-refractivity contribution in [2.24, 2.45) is 0 Å². The standard InChI is InChI=1S/C14H13N3/c1-11-6-12(9-16-8-11)10-17-14-5-3-2-4-13(14)7-15/h2-6,8-9,17H,10H2,1H3. The van der Waals surface area contributed by atoms with Crippen LogP contribution in [0.15, 0.2) is 42.7 Å². The summed E-state index contributed by atoms with van der Waals surface area (Å²) >= 11 is 0. The third-order valence-corrected chi connectivity index (χ3v) is 2.46. The van der Waals surface area contributed by atoms with Gasteiger partial charge in [0.05, 0.1) is 11.3 Å². The van der Waals surface area contributed by atoms with Crippen molar-refractivity contribution in [1.82, 2.24) is 4.98 Å². The van der Waals surface area contributed by atoms with E-state index in [9.17, 15) is 0 Å². The van der Waals surface area contributed by atoms with Crippen molar-refractivity contribution in [3.05, 3.63) is 59.4 Å². The summed E-state index contributed by atoms with van der Waals surface area (Å²) in [6, 6.07) is 11.7. The molecule has 84 valence electrons. The highest BCUT2D eigenvalue weighted by Gasteiger charge is 2.00. The van der Waals surface area contributed by atoms with Gasteiger partial charge in [0.2, 0.25) is 0 Å². The minimum atomic E-state index is 0.660. The van der Waals surface area contributed by atoms with E-state index in [0.717, 1.165) is 16.8 Å². The summed E-state index contributed by atoms with van der Waals surface area (Å²) in [7, 11) is 0. The molecule has 1 aromatic heterocycles. The molecule has 1 aromatic carbocycles. The van der Waals surface area contributed by atoms with Crippen molar-refractivity contribution in [3.63, 3.8) is 0 Å². The second-order valence-corrected chi connectivity index (χ2v) is 3.88. The van der Waals surface area contributed by atoms with E-state index < -0.39 is 0 Å². The number of aryl methyl sites for hydroxylation is 1. The Morgan fingerprint density at radius 1 is 1.29 bits per heavy atom. The second-order valence-electron chi connectivity index (χ2n) is 3.88. The zero-order valence-electron chi connectivity index (χ0n) is 9.64. The largest absolute Gasteiger partial charge is 0.380 e. The molecule has 0 saturated carbocycles. The maximum atomic E-state index is 8.96. The summed E-state index contributed by atoms with van der Waals surface area (Å²) in [5, 5.41) is 12.2. The minimum absolute atomic E-state index is 0.660. The molecule has 1 N–H and O–H groups in total. The van der Waals surface area contributed by atoms with Crippen LogP contribution in [-0.4, -0.2) is 4.98 Å². The maximum absolute atomic E-state index is 8.96. The van der Waals surface area contributed by atoms with Crippen LogP contribution in [-0.2, 0) is 6.54 Å². The van der Waals surface area contributed by atoms with Gasteiger partial charge in [0.1, 0.15) is 6.07 Å². The van der Waals surface area contributed by atoms with E-state index in [4.69, 9.17) is 5.26 Å². The number of aromatic nitrogens is 1. The van der Waals surface area contributed by atoms with Gasteiger partial charge >= 0.3 is 0 Å². The van der Waals surface area contributed by atoms with Crippen LogP contribution >= 0.6 is 0 Å². The summed E-state index contributed by atoms with van der Waals surface area (Å²) in [5.41, 5.74) is 3.76. The van der Waals surface area contributed by atoms with Gasteiger partial charge in [0.25, 0.3) is 0 Å². The third-order valence-electron chi connectivity index (χ3n) is 2.46. The Kier molecular flexibility index (Phi) is 3.37. The molecule has 3 nitrogen and oxygen atoms in total. The fourth-order valence-corrected chi connectivity index (χ4v) is 1.65. The Labute approximate surface area is 101 Å². The minimum Gasteiger partial charge on any atom is -0.380 e. The lowest BCUT2D eigenvalue weighted by Gasteiger charge is -2.08. The summed E-state index contributed by atoms with van der Waals surface area (Å²) < 4.78 is 0. The molecular weight excluding hydrogens is 210 g/mol. The average Bonchev–Trinajstić information content (AvgIpc) is 2.37. The molecule has 0 bridgehead atoms. The highest BCUT2D eigenvalue weighted by atomic mass is 14.9. The third kappa shape index (κ3) is 2.82.